The number of fused-ring (bicyclic) bond motifs is 1. The highest BCUT2D eigenvalue weighted by molar-refractivity contribution is 6.32. The summed E-state index contributed by atoms with van der Waals surface area (Å²) in [6, 6.07) is 9.41. The third-order valence-corrected chi connectivity index (χ3v) is 3.73. The Morgan fingerprint density at radius 3 is 2.87 bits per heavy atom. The van der Waals surface area contributed by atoms with Crippen LogP contribution >= 0.6 is 11.6 Å². The van der Waals surface area contributed by atoms with Gasteiger partial charge < -0.3 is 4.42 Å². The SMILES string of the molecule is Cc1ccc2cc(/C=N/NC(=O)c3ccoc3C)c(Cl)nc2c1. The van der Waals surface area contributed by atoms with E-state index in [0.29, 0.717) is 22.0 Å². The zero-order valence-electron chi connectivity index (χ0n) is 12.6. The molecule has 3 rings (SSSR count). The van der Waals surface area contributed by atoms with Gasteiger partial charge in [-0.3, -0.25) is 4.79 Å². The van der Waals surface area contributed by atoms with Gasteiger partial charge in [-0.15, -0.1) is 0 Å². The van der Waals surface area contributed by atoms with Gasteiger partial charge in [0.2, 0.25) is 0 Å². The van der Waals surface area contributed by atoms with E-state index in [4.69, 9.17) is 16.0 Å². The molecule has 0 atom stereocenters. The molecule has 0 fully saturated rings. The van der Waals surface area contributed by atoms with Gasteiger partial charge in [-0.2, -0.15) is 5.10 Å². The molecule has 1 aromatic carbocycles. The smallest absolute Gasteiger partial charge is 0.274 e. The minimum atomic E-state index is -0.340. The standard InChI is InChI=1S/C17H14ClN3O2/c1-10-3-4-12-8-13(16(18)20-15(12)7-10)9-19-21-17(22)14-5-6-23-11(14)2/h3-9H,1-2H3,(H,21,22)/b19-9+. The number of amides is 1. The second-order valence-corrected chi connectivity index (χ2v) is 5.51. The van der Waals surface area contributed by atoms with Crippen molar-refractivity contribution in [1.29, 1.82) is 0 Å². The van der Waals surface area contributed by atoms with E-state index < -0.39 is 0 Å². The number of carbonyl (C=O) groups excluding carboxylic acids is 1. The monoisotopic (exact) mass is 327 g/mol. The lowest BCUT2D eigenvalue weighted by molar-refractivity contribution is 0.0953. The fraction of sp³-hybridized carbons (Fsp3) is 0.118. The Balaban J connectivity index is 1.81. The normalized spacial score (nSPS) is 11.3. The predicted molar refractivity (Wildman–Crippen MR) is 90.0 cm³/mol. The Morgan fingerprint density at radius 2 is 2.13 bits per heavy atom. The van der Waals surface area contributed by atoms with Crippen LogP contribution in [0.4, 0.5) is 0 Å². The minimum absolute atomic E-state index is 0.334. The number of furan rings is 1. The molecule has 23 heavy (non-hydrogen) atoms. The highest BCUT2D eigenvalue weighted by Gasteiger charge is 2.10. The maximum Gasteiger partial charge on any atom is 0.274 e. The van der Waals surface area contributed by atoms with E-state index >= 15 is 0 Å². The van der Waals surface area contributed by atoms with Crippen molar-refractivity contribution in [1.82, 2.24) is 10.4 Å². The van der Waals surface area contributed by atoms with Gasteiger partial charge in [0.25, 0.3) is 5.91 Å². The van der Waals surface area contributed by atoms with Crippen LogP contribution in [0.15, 0.2) is 46.1 Å². The van der Waals surface area contributed by atoms with Crippen molar-refractivity contribution in [3.8, 4) is 0 Å². The number of aromatic nitrogens is 1. The van der Waals surface area contributed by atoms with Crippen LogP contribution < -0.4 is 5.43 Å². The lowest BCUT2D eigenvalue weighted by Gasteiger charge is -2.03. The molecular formula is C17H14ClN3O2. The zero-order chi connectivity index (χ0) is 16.4. The summed E-state index contributed by atoms with van der Waals surface area (Å²) in [5.41, 5.74) is 5.46. The molecule has 1 amide bonds. The van der Waals surface area contributed by atoms with Crippen LogP contribution in [0.2, 0.25) is 5.15 Å². The van der Waals surface area contributed by atoms with Crippen molar-refractivity contribution in [2.24, 2.45) is 5.10 Å². The fourth-order valence-corrected chi connectivity index (χ4v) is 2.40. The van der Waals surface area contributed by atoms with Gasteiger partial charge >= 0.3 is 0 Å². The number of hydrazone groups is 1. The summed E-state index contributed by atoms with van der Waals surface area (Å²) < 4.78 is 5.08. The maximum absolute atomic E-state index is 11.9. The highest BCUT2D eigenvalue weighted by Crippen LogP contribution is 2.20. The van der Waals surface area contributed by atoms with Crippen LogP contribution in [-0.4, -0.2) is 17.1 Å². The number of nitrogens with one attached hydrogen (secondary N) is 1. The molecule has 2 aromatic heterocycles. The number of pyridine rings is 1. The van der Waals surface area contributed by atoms with Crippen molar-refractivity contribution in [2.45, 2.75) is 13.8 Å². The number of benzene rings is 1. The molecule has 6 heteroatoms. The number of aryl methyl sites for hydroxylation is 2. The van der Waals surface area contributed by atoms with Gasteiger partial charge in [0.05, 0.1) is 23.6 Å². The predicted octanol–water partition coefficient (Wildman–Crippen LogP) is 3.86. The molecular weight excluding hydrogens is 314 g/mol. The van der Waals surface area contributed by atoms with Crippen molar-refractivity contribution in [3.63, 3.8) is 0 Å². The average Bonchev–Trinajstić information content (AvgIpc) is 2.94. The number of nitrogens with zero attached hydrogens (tertiary/aromatic N) is 2. The summed E-state index contributed by atoms with van der Waals surface area (Å²) in [5, 5.41) is 5.22. The van der Waals surface area contributed by atoms with Crippen molar-refractivity contribution >= 4 is 34.6 Å². The van der Waals surface area contributed by atoms with Crippen LogP contribution in [0.5, 0.6) is 0 Å². The van der Waals surface area contributed by atoms with Gasteiger partial charge in [-0.1, -0.05) is 23.7 Å². The molecule has 3 aromatic rings. The molecule has 0 aliphatic carbocycles. The Morgan fingerprint density at radius 1 is 1.30 bits per heavy atom. The van der Waals surface area contributed by atoms with E-state index in [9.17, 15) is 4.79 Å². The third kappa shape index (κ3) is 3.24. The first-order chi connectivity index (χ1) is 11.0. The quantitative estimate of drug-likeness (QED) is 0.451. The van der Waals surface area contributed by atoms with Crippen LogP contribution in [0.1, 0.15) is 27.2 Å². The maximum atomic E-state index is 11.9. The lowest BCUT2D eigenvalue weighted by atomic mass is 10.1. The molecule has 1 N–H and O–H groups in total. The Kier molecular flexibility index (Phi) is 4.12. The molecule has 0 aliphatic heterocycles. The summed E-state index contributed by atoms with van der Waals surface area (Å²) in [4.78, 5) is 16.3. The molecule has 0 bridgehead atoms. The summed E-state index contributed by atoms with van der Waals surface area (Å²) >= 11 is 6.17. The Labute approximate surface area is 138 Å². The zero-order valence-corrected chi connectivity index (χ0v) is 13.4. The topological polar surface area (TPSA) is 67.5 Å². The molecule has 0 radical (unpaired) electrons. The second-order valence-electron chi connectivity index (χ2n) is 5.15. The average molecular weight is 328 g/mol. The van der Waals surface area contributed by atoms with Crippen LogP contribution in [0.3, 0.4) is 0 Å². The van der Waals surface area contributed by atoms with E-state index in [1.54, 1.807) is 13.0 Å². The van der Waals surface area contributed by atoms with Crippen molar-refractivity contribution in [2.75, 3.05) is 0 Å². The van der Waals surface area contributed by atoms with Gasteiger partial charge in [0, 0.05) is 10.9 Å². The highest BCUT2D eigenvalue weighted by atomic mass is 35.5. The summed E-state index contributed by atoms with van der Waals surface area (Å²) in [7, 11) is 0. The van der Waals surface area contributed by atoms with Gasteiger partial charge in [0.1, 0.15) is 10.9 Å². The number of carbonyl (C=O) groups is 1. The Bertz CT molecular complexity index is 915. The summed E-state index contributed by atoms with van der Waals surface area (Å²) in [5.74, 6) is 0.200. The van der Waals surface area contributed by atoms with E-state index in [-0.39, 0.29) is 5.91 Å². The second kappa shape index (κ2) is 6.22. The van der Waals surface area contributed by atoms with Gasteiger partial charge in [-0.25, -0.2) is 10.4 Å². The Hall–Kier alpha value is -2.66. The molecule has 2 heterocycles. The first-order valence-electron chi connectivity index (χ1n) is 6.99. The van der Waals surface area contributed by atoms with Gasteiger partial charge in [-0.05, 0) is 37.6 Å². The summed E-state index contributed by atoms with van der Waals surface area (Å²) in [6.07, 6.45) is 2.93. The van der Waals surface area contributed by atoms with Crippen molar-refractivity contribution < 1.29 is 9.21 Å². The molecule has 0 saturated carbocycles. The largest absolute Gasteiger partial charge is 0.469 e. The third-order valence-electron chi connectivity index (χ3n) is 3.43. The molecule has 0 aliphatic rings. The van der Waals surface area contributed by atoms with Gasteiger partial charge in [0.15, 0.2) is 0 Å². The number of halogens is 1. The lowest BCUT2D eigenvalue weighted by Crippen LogP contribution is -2.17. The molecule has 0 saturated heterocycles. The number of hydrogen-bond donors (Lipinski definition) is 1. The first-order valence-corrected chi connectivity index (χ1v) is 7.37. The fourth-order valence-electron chi connectivity index (χ4n) is 2.20. The van der Waals surface area contributed by atoms with E-state index in [1.807, 2.05) is 31.2 Å². The van der Waals surface area contributed by atoms with Crippen molar-refractivity contribution in [3.05, 3.63) is 64.2 Å². The van der Waals surface area contributed by atoms with E-state index in [0.717, 1.165) is 16.5 Å². The summed E-state index contributed by atoms with van der Waals surface area (Å²) in [6.45, 7) is 3.71. The first kappa shape index (κ1) is 15.2. The van der Waals surface area contributed by atoms with Crippen LogP contribution in [0.25, 0.3) is 10.9 Å². The van der Waals surface area contributed by atoms with E-state index in [1.165, 1.54) is 12.5 Å². The molecule has 116 valence electrons. The number of hydrogen-bond acceptors (Lipinski definition) is 4. The minimum Gasteiger partial charge on any atom is -0.469 e. The van der Waals surface area contributed by atoms with Crippen LogP contribution in [-0.2, 0) is 0 Å². The number of rotatable bonds is 3. The van der Waals surface area contributed by atoms with Crippen LogP contribution in [0, 0.1) is 13.8 Å². The van der Waals surface area contributed by atoms with E-state index in [2.05, 4.69) is 15.5 Å². The molecule has 0 unspecified atom stereocenters. The molecule has 0 spiro atoms. The molecule has 5 nitrogen and oxygen atoms in total.